The van der Waals surface area contributed by atoms with Crippen LogP contribution in [0.25, 0.3) is 0 Å². The number of carbonyl (C=O) groups is 1. The van der Waals surface area contributed by atoms with E-state index in [0.29, 0.717) is 0 Å². The molecule has 0 radical (unpaired) electrons. The van der Waals surface area contributed by atoms with Gasteiger partial charge in [0.15, 0.2) is 0 Å². The van der Waals surface area contributed by atoms with Crippen LogP contribution in [-0.4, -0.2) is 17.7 Å². The fourth-order valence-electron chi connectivity index (χ4n) is 2.61. The molecule has 0 heterocycles. The Morgan fingerprint density at radius 3 is 2.15 bits per heavy atom. The lowest BCUT2D eigenvalue weighted by Gasteiger charge is -2.37. The topological polar surface area (TPSA) is 58.6 Å². The number of halogens is 3. The molecule has 0 saturated carbocycles. The van der Waals surface area contributed by atoms with E-state index < -0.39 is 23.4 Å². The van der Waals surface area contributed by atoms with Crippen molar-refractivity contribution in [3.05, 3.63) is 65.7 Å². The molecule has 2 atom stereocenters. The number of alkyl halides is 3. The number of benzene rings is 2. The van der Waals surface area contributed by atoms with E-state index in [9.17, 15) is 18.0 Å². The van der Waals surface area contributed by atoms with E-state index in [2.05, 4.69) is 5.32 Å². The van der Waals surface area contributed by atoms with E-state index in [1.54, 1.807) is 6.92 Å². The summed E-state index contributed by atoms with van der Waals surface area (Å²) in [6, 6.07) is 13.6. The van der Waals surface area contributed by atoms with Crippen molar-refractivity contribution in [2.75, 3.05) is 6.54 Å². The number of rotatable bonds is 6. The Labute approximate surface area is 149 Å². The molecule has 2 aromatic rings. The summed E-state index contributed by atoms with van der Waals surface area (Å²) < 4.78 is 44.2. The lowest BCUT2D eigenvalue weighted by atomic mass is 9.83. The molecule has 0 fully saturated rings. The minimum atomic E-state index is -4.42. The third kappa shape index (κ3) is 4.68. The zero-order valence-electron chi connectivity index (χ0n) is 14.4. The predicted octanol–water partition coefficient (Wildman–Crippen LogP) is 4.90. The highest BCUT2D eigenvalue weighted by molar-refractivity contribution is 5.64. The van der Waals surface area contributed by atoms with Gasteiger partial charge >= 0.3 is 12.3 Å². The minimum absolute atomic E-state index is 0.126. The lowest BCUT2D eigenvalue weighted by molar-refractivity contribution is -0.137. The molecule has 7 heteroatoms. The molecule has 0 aliphatic carbocycles. The highest BCUT2D eigenvalue weighted by Crippen LogP contribution is 2.36. The number of nitrogens with one attached hydrogen (secondary N) is 1. The number of hydrogen-bond donors (Lipinski definition) is 2. The molecule has 2 N–H and O–H groups in total. The summed E-state index contributed by atoms with van der Waals surface area (Å²) in [5.74, 6) is -0.0187. The molecular weight excluding hydrogens is 347 g/mol. The first kappa shape index (κ1) is 19.6. The van der Waals surface area contributed by atoms with Gasteiger partial charge in [-0.25, -0.2) is 4.79 Å². The average molecular weight is 367 g/mol. The van der Waals surface area contributed by atoms with Gasteiger partial charge in [0.1, 0.15) is 11.4 Å². The van der Waals surface area contributed by atoms with E-state index in [4.69, 9.17) is 9.84 Å². The molecule has 2 aromatic carbocycles. The van der Waals surface area contributed by atoms with E-state index in [-0.39, 0.29) is 18.2 Å². The predicted molar refractivity (Wildman–Crippen MR) is 91.1 cm³/mol. The standard InChI is InChI=1S/C19H20F3NO3/c1-13(12-23-17(24)25)18(2,14-6-4-3-5-7-14)26-16-10-8-15(9-11-16)19(20,21)22/h3-11,13,23H,12H2,1-2H3,(H,24,25). The van der Waals surface area contributed by atoms with Crippen molar-refractivity contribution in [1.82, 2.24) is 5.32 Å². The number of ether oxygens (including phenoxy) is 1. The normalized spacial score (nSPS) is 15.0. The number of amides is 1. The Bertz CT molecular complexity index is 732. The Kier molecular flexibility index (Phi) is 5.79. The van der Waals surface area contributed by atoms with Gasteiger partial charge in [0.05, 0.1) is 5.56 Å². The average Bonchev–Trinajstić information content (AvgIpc) is 2.60. The van der Waals surface area contributed by atoms with Crippen LogP contribution in [0, 0.1) is 5.92 Å². The molecule has 0 saturated heterocycles. The van der Waals surface area contributed by atoms with Crippen LogP contribution < -0.4 is 10.1 Å². The third-order valence-corrected chi connectivity index (χ3v) is 4.36. The van der Waals surface area contributed by atoms with E-state index in [1.807, 2.05) is 37.3 Å². The van der Waals surface area contributed by atoms with Gasteiger partial charge < -0.3 is 15.2 Å². The molecule has 1 amide bonds. The van der Waals surface area contributed by atoms with Gasteiger partial charge in [-0.1, -0.05) is 37.3 Å². The van der Waals surface area contributed by atoms with E-state index in [0.717, 1.165) is 17.7 Å². The Balaban J connectivity index is 2.31. The second-order valence-corrected chi connectivity index (χ2v) is 6.18. The van der Waals surface area contributed by atoms with Crippen molar-refractivity contribution >= 4 is 6.09 Å². The Hall–Kier alpha value is -2.70. The van der Waals surface area contributed by atoms with Gasteiger partial charge in [-0.15, -0.1) is 0 Å². The molecule has 26 heavy (non-hydrogen) atoms. The van der Waals surface area contributed by atoms with E-state index in [1.165, 1.54) is 12.1 Å². The van der Waals surface area contributed by atoms with Crippen molar-refractivity contribution < 1.29 is 27.8 Å². The number of carboxylic acid groups (broad SMARTS) is 1. The van der Waals surface area contributed by atoms with Gasteiger partial charge in [-0.3, -0.25) is 0 Å². The second kappa shape index (κ2) is 7.68. The van der Waals surface area contributed by atoms with Crippen LogP contribution in [-0.2, 0) is 11.8 Å². The highest BCUT2D eigenvalue weighted by atomic mass is 19.4. The summed E-state index contributed by atoms with van der Waals surface area (Å²) in [7, 11) is 0. The highest BCUT2D eigenvalue weighted by Gasteiger charge is 2.36. The van der Waals surface area contributed by atoms with Crippen molar-refractivity contribution in [2.24, 2.45) is 5.92 Å². The van der Waals surface area contributed by atoms with Crippen LogP contribution in [0.2, 0.25) is 0 Å². The van der Waals surface area contributed by atoms with E-state index >= 15 is 0 Å². The zero-order valence-corrected chi connectivity index (χ0v) is 14.4. The fourth-order valence-corrected chi connectivity index (χ4v) is 2.61. The molecule has 4 nitrogen and oxygen atoms in total. The van der Waals surface area contributed by atoms with Crippen molar-refractivity contribution in [1.29, 1.82) is 0 Å². The van der Waals surface area contributed by atoms with Crippen molar-refractivity contribution in [3.8, 4) is 5.75 Å². The number of hydrogen-bond acceptors (Lipinski definition) is 2. The van der Waals surface area contributed by atoms with Gasteiger partial charge in [-0.05, 0) is 36.8 Å². The van der Waals surface area contributed by atoms with Gasteiger partial charge in [-0.2, -0.15) is 13.2 Å². The maximum atomic E-state index is 12.7. The Morgan fingerprint density at radius 1 is 1.08 bits per heavy atom. The monoisotopic (exact) mass is 367 g/mol. The molecular formula is C19H20F3NO3. The lowest BCUT2D eigenvalue weighted by Crippen LogP contribution is -2.42. The molecule has 140 valence electrons. The van der Waals surface area contributed by atoms with Gasteiger partial charge in [0.2, 0.25) is 0 Å². The second-order valence-electron chi connectivity index (χ2n) is 6.18. The summed E-state index contributed by atoms with van der Waals surface area (Å²) >= 11 is 0. The summed E-state index contributed by atoms with van der Waals surface area (Å²) in [6.07, 6.45) is -5.57. The van der Waals surface area contributed by atoms with Crippen LogP contribution in [0.4, 0.5) is 18.0 Å². The molecule has 0 bridgehead atoms. The van der Waals surface area contributed by atoms with Gasteiger partial charge in [0.25, 0.3) is 0 Å². The smallest absolute Gasteiger partial charge is 0.416 e. The van der Waals surface area contributed by atoms with Crippen LogP contribution >= 0.6 is 0 Å². The summed E-state index contributed by atoms with van der Waals surface area (Å²) in [4.78, 5) is 10.8. The van der Waals surface area contributed by atoms with Crippen molar-refractivity contribution in [2.45, 2.75) is 25.6 Å². The first-order valence-corrected chi connectivity index (χ1v) is 8.01. The maximum Gasteiger partial charge on any atom is 0.416 e. The molecule has 0 aliphatic rings. The summed E-state index contributed by atoms with van der Waals surface area (Å²) in [6.45, 7) is 3.72. The van der Waals surface area contributed by atoms with Crippen LogP contribution in [0.1, 0.15) is 25.0 Å². The molecule has 2 rings (SSSR count). The zero-order chi connectivity index (χ0) is 19.4. The Morgan fingerprint density at radius 2 is 1.65 bits per heavy atom. The van der Waals surface area contributed by atoms with Crippen LogP contribution in [0.5, 0.6) is 5.75 Å². The first-order valence-electron chi connectivity index (χ1n) is 8.01. The minimum Gasteiger partial charge on any atom is -0.483 e. The molecule has 0 aliphatic heterocycles. The molecule has 2 unspecified atom stereocenters. The first-order chi connectivity index (χ1) is 12.1. The summed E-state index contributed by atoms with van der Waals surface area (Å²) in [5.41, 5.74) is -0.907. The quantitative estimate of drug-likeness (QED) is 0.763. The van der Waals surface area contributed by atoms with Gasteiger partial charge in [0, 0.05) is 12.5 Å². The van der Waals surface area contributed by atoms with Crippen molar-refractivity contribution in [3.63, 3.8) is 0 Å². The third-order valence-electron chi connectivity index (χ3n) is 4.36. The summed E-state index contributed by atoms with van der Waals surface area (Å²) in [5, 5.41) is 11.2. The molecule has 0 spiro atoms. The molecule has 0 aromatic heterocycles. The van der Waals surface area contributed by atoms with Crippen LogP contribution in [0.15, 0.2) is 54.6 Å². The SMILES string of the molecule is CC(CNC(=O)O)C(C)(Oc1ccc(C(F)(F)F)cc1)c1ccccc1. The maximum absolute atomic E-state index is 12.7. The largest absolute Gasteiger partial charge is 0.483 e. The fraction of sp³-hybridized carbons (Fsp3) is 0.316. The van der Waals surface area contributed by atoms with Crippen LogP contribution in [0.3, 0.4) is 0 Å².